The molecule has 4 N–H and O–H groups in total. The molecule has 0 saturated carbocycles. The van der Waals surface area contributed by atoms with Crippen molar-refractivity contribution in [3.8, 4) is 11.8 Å². The summed E-state index contributed by atoms with van der Waals surface area (Å²) in [6.07, 6.45) is 2.37. The van der Waals surface area contributed by atoms with Crippen LogP contribution in [-0.4, -0.2) is 11.0 Å². The zero-order valence-corrected chi connectivity index (χ0v) is 11.0. The summed E-state index contributed by atoms with van der Waals surface area (Å²) in [6.45, 7) is 3.85. The van der Waals surface area contributed by atoms with Gasteiger partial charge in [0.2, 0.25) is 0 Å². The first-order valence-corrected chi connectivity index (χ1v) is 4.56. The van der Waals surface area contributed by atoms with E-state index in [1.54, 1.807) is 6.20 Å². The van der Waals surface area contributed by atoms with Gasteiger partial charge in [-0.3, -0.25) is 0 Å². The fourth-order valence-corrected chi connectivity index (χ4v) is 0.968. The predicted octanol–water partition coefficient (Wildman–Crippen LogP) is 1.90. The maximum atomic E-state index is 5.59. The molecule has 0 aliphatic rings. The number of aromatic nitrogens is 1. The van der Waals surface area contributed by atoms with E-state index in [-0.39, 0.29) is 30.9 Å². The summed E-state index contributed by atoms with van der Waals surface area (Å²) in [5, 5.41) is 0. The SMILES string of the molecule is Cc1cc(C#CC[C@H](C)N)cnc1N.Cl.Cl. The molecule has 1 aromatic heterocycles. The Morgan fingerprint density at radius 1 is 1.44 bits per heavy atom. The summed E-state index contributed by atoms with van der Waals surface area (Å²) in [5.41, 5.74) is 13.0. The van der Waals surface area contributed by atoms with Gasteiger partial charge in [0.25, 0.3) is 0 Å². The molecule has 3 nitrogen and oxygen atoms in total. The molecule has 0 radical (unpaired) electrons. The van der Waals surface area contributed by atoms with E-state index in [0.29, 0.717) is 12.2 Å². The fraction of sp³-hybridized carbons (Fsp3) is 0.364. The molecule has 0 spiro atoms. The molecule has 1 heterocycles. The summed E-state index contributed by atoms with van der Waals surface area (Å²) in [5.74, 6) is 6.55. The van der Waals surface area contributed by atoms with E-state index in [9.17, 15) is 0 Å². The highest BCUT2D eigenvalue weighted by Gasteiger charge is 1.94. The molecule has 5 heteroatoms. The van der Waals surface area contributed by atoms with Crippen molar-refractivity contribution in [2.24, 2.45) is 5.73 Å². The summed E-state index contributed by atoms with van der Waals surface area (Å²) in [6, 6.07) is 2.04. The van der Waals surface area contributed by atoms with Crippen molar-refractivity contribution < 1.29 is 0 Å². The minimum absolute atomic E-state index is 0. The lowest BCUT2D eigenvalue weighted by molar-refractivity contribution is 0.771. The maximum absolute atomic E-state index is 5.59. The molecule has 0 aliphatic carbocycles. The minimum atomic E-state index is 0. The third kappa shape index (κ3) is 5.82. The first-order valence-electron chi connectivity index (χ1n) is 4.56. The normalized spacial score (nSPS) is 10.2. The second-order valence-electron chi connectivity index (χ2n) is 3.41. The smallest absolute Gasteiger partial charge is 0.126 e. The van der Waals surface area contributed by atoms with Gasteiger partial charge >= 0.3 is 0 Å². The lowest BCUT2D eigenvalue weighted by atomic mass is 10.2. The van der Waals surface area contributed by atoms with Crippen molar-refractivity contribution in [2.75, 3.05) is 5.73 Å². The highest BCUT2D eigenvalue weighted by molar-refractivity contribution is 5.85. The highest BCUT2D eigenvalue weighted by atomic mass is 35.5. The minimum Gasteiger partial charge on any atom is -0.383 e. The van der Waals surface area contributed by atoms with Gasteiger partial charge in [0.1, 0.15) is 5.82 Å². The number of hydrogen-bond donors (Lipinski definition) is 2. The van der Waals surface area contributed by atoms with E-state index < -0.39 is 0 Å². The van der Waals surface area contributed by atoms with Crippen LogP contribution in [0.25, 0.3) is 0 Å². The molecule has 0 unspecified atom stereocenters. The van der Waals surface area contributed by atoms with Crippen LogP contribution in [0.4, 0.5) is 5.82 Å². The Morgan fingerprint density at radius 3 is 2.56 bits per heavy atom. The van der Waals surface area contributed by atoms with Gasteiger partial charge in [-0.05, 0) is 25.5 Å². The second-order valence-corrected chi connectivity index (χ2v) is 3.41. The van der Waals surface area contributed by atoms with Crippen LogP contribution in [0.5, 0.6) is 0 Å². The van der Waals surface area contributed by atoms with Crippen molar-refractivity contribution in [3.05, 3.63) is 23.4 Å². The first-order chi connectivity index (χ1) is 6.59. The van der Waals surface area contributed by atoms with Crippen molar-refractivity contribution in [2.45, 2.75) is 26.3 Å². The van der Waals surface area contributed by atoms with E-state index in [1.165, 1.54) is 0 Å². The molecule has 1 atom stereocenters. The molecule has 1 rings (SSSR count). The summed E-state index contributed by atoms with van der Waals surface area (Å²) < 4.78 is 0. The molecule has 16 heavy (non-hydrogen) atoms. The van der Waals surface area contributed by atoms with Gasteiger partial charge in [0.15, 0.2) is 0 Å². The Hall–Kier alpha value is -0.950. The summed E-state index contributed by atoms with van der Waals surface area (Å²) >= 11 is 0. The lowest BCUT2D eigenvalue weighted by Crippen LogP contribution is -2.12. The maximum Gasteiger partial charge on any atom is 0.126 e. The fourth-order valence-electron chi connectivity index (χ4n) is 0.968. The number of anilines is 1. The van der Waals surface area contributed by atoms with Gasteiger partial charge in [-0.15, -0.1) is 24.8 Å². The monoisotopic (exact) mass is 261 g/mol. The first kappa shape index (κ1) is 17.4. The van der Waals surface area contributed by atoms with Crippen LogP contribution in [0.1, 0.15) is 24.5 Å². The molecule has 90 valence electrons. The average Bonchev–Trinajstić information content (AvgIpc) is 2.10. The standard InChI is InChI=1S/C11H15N3.2ClH/c1-8-6-10(7-14-11(8)13)5-3-4-9(2)12;;/h6-7,9H,4,12H2,1-2H3,(H2,13,14);2*1H/t9-;;/m0../s1. The number of nitrogen functional groups attached to an aromatic ring is 1. The molecule has 0 fully saturated rings. The van der Waals surface area contributed by atoms with Crippen molar-refractivity contribution in [1.82, 2.24) is 4.98 Å². The van der Waals surface area contributed by atoms with Gasteiger partial charge in [0, 0.05) is 24.2 Å². The van der Waals surface area contributed by atoms with E-state index in [4.69, 9.17) is 11.5 Å². The van der Waals surface area contributed by atoms with Crippen LogP contribution in [0.3, 0.4) is 0 Å². The predicted molar refractivity (Wildman–Crippen MR) is 73.0 cm³/mol. The molecule has 0 amide bonds. The Labute approximate surface area is 109 Å². The van der Waals surface area contributed by atoms with Crippen LogP contribution in [-0.2, 0) is 0 Å². The molecule has 0 aromatic carbocycles. The van der Waals surface area contributed by atoms with Gasteiger partial charge in [-0.2, -0.15) is 0 Å². The zero-order valence-electron chi connectivity index (χ0n) is 9.36. The number of nitrogens with two attached hydrogens (primary N) is 2. The van der Waals surface area contributed by atoms with Crippen LogP contribution >= 0.6 is 24.8 Å². The molecule has 0 saturated heterocycles. The topological polar surface area (TPSA) is 64.9 Å². The second kappa shape index (κ2) is 8.23. The third-order valence-electron chi connectivity index (χ3n) is 1.78. The molecule has 0 bridgehead atoms. The number of nitrogens with zero attached hydrogens (tertiary/aromatic N) is 1. The number of pyridine rings is 1. The number of hydrogen-bond acceptors (Lipinski definition) is 3. The Balaban J connectivity index is 0. The van der Waals surface area contributed by atoms with Crippen molar-refractivity contribution in [1.29, 1.82) is 0 Å². The van der Waals surface area contributed by atoms with E-state index in [0.717, 1.165) is 11.1 Å². The van der Waals surface area contributed by atoms with Crippen LogP contribution in [0.15, 0.2) is 12.3 Å². The van der Waals surface area contributed by atoms with E-state index in [1.807, 2.05) is 19.9 Å². The van der Waals surface area contributed by atoms with Gasteiger partial charge in [0.05, 0.1) is 0 Å². The van der Waals surface area contributed by atoms with Gasteiger partial charge in [-0.1, -0.05) is 11.8 Å². The molecular weight excluding hydrogens is 245 g/mol. The number of aryl methyl sites for hydroxylation is 1. The number of halogens is 2. The Morgan fingerprint density at radius 2 is 2.06 bits per heavy atom. The van der Waals surface area contributed by atoms with Gasteiger partial charge in [-0.25, -0.2) is 4.98 Å². The van der Waals surface area contributed by atoms with Crippen LogP contribution in [0, 0.1) is 18.8 Å². The van der Waals surface area contributed by atoms with Crippen molar-refractivity contribution >= 4 is 30.6 Å². The Bertz CT molecular complexity index is 381. The summed E-state index contributed by atoms with van der Waals surface area (Å²) in [7, 11) is 0. The summed E-state index contributed by atoms with van der Waals surface area (Å²) in [4.78, 5) is 4.02. The highest BCUT2D eigenvalue weighted by Crippen LogP contribution is 2.07. The largest absolute Gasteiger partial charge is 0.383 e. The van der Waals surface area contributed by atoms with Crippen molar-refractivity contribution in [3.63, 3.8) is 0 Å². The lowest BCUT2D eigenvalue weighted by Gasteiger charge is -1.98. The molecule has 0 aliphatic heterocycles. The van der Waals surface area contributed by atoms with Crippen LogP contribution in [0.2, 0.25) is 0 Å². The third-order valence-corrected chi connectivity index (χ3v) is 1.78. The molecular formula is C11H17Cl2N3. The van der Waals surface area contributed by atoms with E-state index >= 15 is 0 Å². The molecule has 1 aromatic rings. The van der Waals surface area contributed by atoms with Gasteiger partial charge < -0.3 is 11.5 Å². The van der Waals surface area contributed by atoms with Crippen LogP contribution < -0.4 is 11.5 Å². The number of rotatable bonds is 1. The quantitative estimate of drug-likeness (QED) is 0.760. The van der Waals surface area contributed by atoms with E-state index in [2.05, 4.69) is 16.8 Å². The average molecular weight is 262 g/mol. The Kier molecular flexibility index (Phi) is 8.97. The zero-order chi connectivity index (χ0) is 10.6.